The van der Waals surface area contributed by atoms with E-state index in [4.69, 9.17) is 0 Å². The van der Waals surface area contributed by atoms with Crippen LogP contribution in [0.5, 0.6) is 0 Å². The summed E-state index contributed by atoms with van der Waals surface area (Å²) in [6.45, 7) is 9.55. The molecule has 9 heteroatoms. The third-order valence-corrected chi connectivity index (χ3v) is 5.13. The second kappa shape index (κ2) is 7.92. The van der Waals surface area contributed by atoms with Gasteiger partial charge in [-0.15, -0.1) is 0 Å². The van der Waals surface area contributed by atoms with E-state index in [9.17, 15) is 14.7 Å². The number of benzene rings is 1. The van der Waals surface area contributed by atoms with Gasteiger partial charge in [0.1, 0.15) is 4.70 Å². The topological polar surface area (TPSA) is 109 Å². The zero-order valence-corrected chi connectivity index (χ0v) is 17.9. The number of aliphatic hydroxyl groups excluding tert-OH is 1. The van der Waals surface area contributed by atoms with Crippen molar-refractivity contribution in [3.8, 4) is 0 Å². The fourth-order valence-corrected chi connectivity index (χ4v) is 3.59. The highest BCUT2D eigenvalue weighted by Crippen LogP contribution is 2.32. The van der Waals surface area contributed by atoms with Gasteiger partial charge in [-0.05, 0) is 46.8 Å². The monoisotopic (exact) mass is 415 g/mol. The molecule has 0 fully saturated rings. The van der Waals surface area contributed by atoms with E-state index in [1.54, 1.807) is 23.7 Å². The van der Waals surface area contributed by atoms with Crippen LogP contribution in [0.1, 0.15) is 54.1 Å². The normalized spacial score (nSPS) is 12.8. The van der Waals surface area contributed by atoms with Crippen molar-refractivity contribution in [2.45, 2.75) is 46.3 Å². The summed E-state index contributed by atoms with van der Waals surface area (Å²) in [5.41, 5.74) is 1.95. The van der Waals surface area contributed by atoms with Gasteiger partial charge < -0.3 is 10.4 Å². The quantitative estimate of drug-likeness (QED) is 0.594. The highest BCUT2D eigenvalue weighted by Gasteiger charge is 2.27. The first kappa shape index (κ1) is 20.9. The number of thiazole rings is 1. The molecule has 0 radical (unpaired) electrons. The Labute approximate surface area is 173 Å². The molecule has 0 spiro atoms. The van der Waals surface area contributed by atoms with E-state index in [1.165, 1.54) is 11.3 Å². The molecule has 3 N–H and O–H groups in total. The summed E-state index contributed by atoms with van der Waals surface area (Å²) >= 11 is 1.20. The van der Waals surface area contributed by atoms with Gasteiger partial charge in [-0.25, -0.2) is 4.68 Å². The third-order valence-electron chi connectivity index (χ3n) is 4.17. The lowest BCUT2D eigenvalue weighted by Gasteiger charge is -2.19. The predicted molar refractivity (Wildman–Crippen MR) is 114 cm³/mol. The van der Waals surface area contributed by atoms with Crippen LogP contribution < -0.4 is 10.6 Å². The Kier molecular flexibility index (Phi) is 5.72. The first-order valence-electron chi connectivity index (χ1n) is 9.30. The van der Waals surface area contributed by atoms with Gasteiger partial charge in [0.25, 0.3) is 11.8 Å². The lowest BCUT2D eigenvalue weighted by atomic mass is 10.1. The second-order valence-electron chi connectivity index (χ2n) is 7.98. The van der Waals surface area contributed by atoms with Gasteiger partial charge in [0.15, 0.2) is 16.5 Å². The number of hydrogen-bond donors (Lipinski definition) is 3. The van der Waals surface area contributed by atoms with Crippen LogP contribution in [0.3, 0.4) is 0 Å². The molecule has 0 saturated heterocycles. The number of nitrogens with zero attached hydrogens (tertiary/aromatic N) is 3. The fraction of sp³-hybridized carbons (Fsp3) is 0.400. The Morgan fingerprint density at radius 1 is 1.21 bits per heavy atom. The van der Waals surface area contributed by atoms with Crippen molar-refractivity contribution in [2.24, 2.45) is 0 Å². The van der Waals surface area contributed by atoms with E-state index in [0.717, 1.165) is 5.56 Å². The Bertz CT molecular complexity index is 1040. The number of fused-ring (bicyclic) bond motifs is 1. The van der Waals surface area contributed by atoms with Gasteiger partial charge in [-0.1, -0.05) is 29.0 Å². The van der Waals surface area contributed by atoms with Gasteiger partial charge in [-0.3, -0.25) is 14.9 Å². The maximum Gasteiger partial charge on any atom is 0.273 e. The molecule has 0 aliphatic heterocycles. The van der Waals surface area contributed by atoms with Crippen LogP contribution in [-0.2, 0) is 5.54 Å². The fourth-order valence-electron chi connectivity index (χ4n) is 2.67. The summed E-state index contributed by atoms with van der Waals surface area (Å²) in [7, 11) is 0. The number of aromatic nitrogens is 3. The zero-order valence-electron chi connectivity index (χ0n) is 17.1. The predicted octanol–water partition coefficient (Wildman–Crippen LogP) is 2.92. The average Bonchev–Trinajstić information content (AvgIpc) is 3.18. The number of aliphatic hydroxyl groups is 1. The van der Waals surface area contributed by atoms with E-state index >= 15 is 0 Å². The maximum atomic E-state index is 12.6. The smallest absolute Gasteiger partial charge is 0.273 e. The molecule has 8 nitrogen and oxygen atoms in total. The number of carbonyl (C=O) groups excluding carboxylic acids is 2. The molecule has 2 amide bonds. The second-order valence-corrected chi connectivity index (χ2v) is 8.98. The summed E-state index contributed by atoms with van der Waals surface area (Å²) in [6.07, 6.45) is -0.662. The number of carbonyl (C=O) groups is 2. The van der Waals surface area contributed by atoms with Crippen LogP contribution >= 0.6 is 11.3 Å². The molecular weight excluding hydrogens is 390 g/mol. The van der Waals surface area contributed by atoms with Crippen molar-refractivity contribution < 1.29 is 14.7 Å². The highest BCUT2D eigenvalue weighted by atomic mass is 32.1. The van der Waals surface area contributed by atoms with Crippen molar-refractivity contribution in [3.05, 3.63) is 41.1 Å². The number of amides is 2. The Morgan fingerprint density at radius 3 is 2.45 bits per heavy atom. The van der Waals surface area contributed by atoms with Crippen molar-refractivity contribution in [2.75, 3.05) is 11.9 Å². The molecule has 29 heavy (non-hydrogen) atoms. The van der Waals surface area contributed by atoms with Crippen molar-refractivity contribution in [3.63, 3.8) is 0 Å². The van der Waals surface area contributed by atoms with Crippen LogP contribution in [0.4, 0.5) is 5.13 Å². The number of nitrogens with one attached hydrogen (secondary N) is 2. The van der Waals surface area contributed by atoms with Gasteiger partial charge in [0.05, 0.1) is 11.6 Å². The van der Waals surface area contributed by atoms with E-state index in [2.05, 4.69) is 20.7 Å². The summed E-state index contributed by atoms with van der Waals surface area (Å²) < 4.78 is 2.26. The summed E-state index contributed by atoms with van der Waals surface area (Å²) in [4.78, 5) is 29.6. The third kappa shape index (κ3) is 4.63. The molecule has 0 saturated carbocycles. The SMILES string of the molecule is Cc1ccc(C(=O)Nc2nc3c(s2)c(C(=O)NC[C@H](C)O)nn3C(C)(C)C)cc1. The highest BCUT2D eigenvalue weighted by molar-refractivity contribution is 7.22. The standard InChI is InChI=1S/C20H25N5O3S/c1-11-6-8-13(9-7-11)17(27)23-19-22-16-15(29-19)14(18(28)21-10-12(2)26)24-25(16)20(3,4)5/h6-9,12,26H,10H2,1-5H3,(H,21,28)(H,22,23,27)/t12-/m0/s1. The first-order valence-corrected chi connectivity index (χ1v) is 10.1. The lowest BCUT2D eigenvalue weighted by molar-refractivity contribution is 0.0918. The molecule has 1 atom stereocenters. The molecule has 0 bridgehead atoms. The largest absolute Gasteiger partial charge is 0.392 e. The van der Waals surface area contributed by atoms with Crippen LogP contribution in [-0.4, -0.2) is 44.3 Å². The molecule has 2 aromatic heterocycles. The van der Waals surface area contributed by atoms with Gasteiger partial charge in [0.2, 0.25) is 0 Å². The van der Waals surface area contributed by atoms with E-state index in [0.29, 0.717) is 21.0 Å². The van der Waals surface area contributed by atoms with Crippen molar-refractivity contribution >= 4 is 38.6 Å². The summed E-state index contributed by atoms with van der Waals surface area (Å²) in [5.74, 6) is -0.657. The van der Waals surface area contributed by atoms with E-state index in [-0.39, 0.29) is 24.1 Å². The Balaban J connectivity index is 1.95. The minimum absolute atomic E-state index is 0.124. The molecule has 3 rings (SSSR count). The number of hydrogen-bond acceptors (Lipinski definition) is 6. The zero-order chi connectivity index (χ0) is 21.3. The van der Waals surface area contributed by atoms with Crippen LogP contribution in [0.15, 0.2) is 24.3 Å². The minimum Gasteiger partial charge on any atom is -0.392 e. The Hall–Kier alpha value is -2.78. The van der Waals surface area contributed by atoms with Crippen molar-refractivity contribution in [1.29, 1.82) is 0 Å². The van der Waals surface area contributed by atoms with Crippen molar-refractivity contribution in [1.82, 2.24) is 20.1 Å². The lowest BCUT2D eigenvalue weighted by Crippen LogP contribution is -2.31. The minimum atomic E-state index is -0.662. The molecular formula is C20H25N5O3S. The van der Waals surface area contributed by atoms with E-state index in [1.807, 2.05) is 39.8 Å². The van der Waals surface area contributed by atoms with Gasteiger partial charge >= 0.3 is 0 Å². The summed E-state index contributed by atoms with van der Waals surface area (Å²) in [6, 6.07) is 7.25. The van der Waals surface area contributed by atoms with Crippen LogP contribution in [0, 0.1) is 6.92 Å². The maximum absolute atomic E-state index is 12.6. The molecule has 154 valence electrons. The van der Waals surface area contributed by atoms with Crippen LogP contribution in [0.25, 0.3) is 10.3 Å². The van der Waals surface area contributed by atoms with E-state index < -0.39 is 11.6 Å². The average molecular weight is 416 g/mol. The molecule has 2 heterocycles. The molecule has 0 aliphatic rings. The van der Waals surface area contributed by atoms with Gasteiger partial charge in [0, 0.05) is 12.1 Å². The molecule has 0 unspecified atom stereocenters. The summed E-state index contributed by atoms with van der Waals surface area (Å²) in [5, 5.41) is 19.7. The Morgan fingerprint density at radius 2 is 1.86 bits per heavy atom. The molecule has 0 aliphatic carbocycles. The molecule has 3 aromatic rings. The number of rotatable bonds is 5. The number of anilines is 1. The van der Waals surface area contributed by atoms with Crippen LogP contribution in [0.2, 0.25) is 0 Å². The molecule has 1 aromatic carbocycles. The first-order chi connectivity index (χ1) is 13.6. The van der Waals surface area contributed by atoms with Gasteiger partial charge in [-0.2, -0.15) is 10.1 Å². The number of aryl methyl sites for hydroxylation is 1.